The summed E-state index contributed by atoms with van der Waals surface area (Å²) in [4.78, 5) is 5.27. The number of hydroxylamine groups is 1. The van der Waals surface area contributed by atoms with Crippen LogP contribution in [-0.4, -0.2) is 10.7 Å². The molecule has 0 spiro atoms. The van der Waals surface area contributed by atoms with Gasteiger partial charge >= 0.3 is 0 Å². The minimum Gasteiger partial charge on any atom is -0.508 e. The third-order valence-corrected chi connectivity index (χ3v) is 1.85. The fourth-order valence-electron chi connectivity index (χ4n) is 1.12. The van der Waals surface area contributed by atoms with Crippen molar-refractivity contribution in [3.8, 4) is 5.75 Å². The van der Waals surface area contributed by atoms with E-state index < -0.39 is 0 Å². The number of hydrogen-bond donors (Lipinski definition) is 1. The number of benzene rings is 1. The molecule has 3 heteroatoms. The Hall–Kier alpha value is -1.06. The van der Waals surface area contributed by atoms with Crippen molar-refractivity contribution >= 4 is 0 Å². The van der Waals surface area contributed by atoms with Crippen LogP contribution in [0.2, 0.25) is 0 Å². The van der Waals surface area contributed by atoms with Gasteiger partial charge in [-0.25, -0.2) is 0 Å². The lowest BCUT2D eigenvalue weighted by molar-refractivity contribution is -0.0821. The molecule has 15 heavy (non-hydrogen) atoms. The first-order valence-corrected chi connectivity index (χ1v) is 5.02. The molecule has 3 nitrogen and oxygen atoms in total. The van der Waals surface area contributed by atoms with Crippen molar-refractivity contribution in [2.45, 2.75) is 39.8 Å². The number of rotatable bonds is 3. The second-order valence-electron chi connectivity index (χ2n) is 4.61. The van der Waals surface area contributed by atoms with Gasteiger partial charge in [-0.2, -0.15) is 0 Å². The average molecular weight is 208 g/mol. The van der Waals surface area contributed by atoms with Gasteiger partial charge in [0.25, 0.3) is 0 Å². The maximum atomic E-state index is 9.34. The lowest BCUT2D eigenvalue weighted by Gasteiger charge is -2.17. The van der Waals surface area contributed by atoms with E-state index >= 15 is 0 Å². The topological polar surface area (TPSA) is 43.6 Å². The average Bonchev–Trinajstić information content (AvgIpc) is 2.09. The SMILES string of the molecule is Cc1cc(C[N]OC(C)(C)C)ccc1O. The van der Waals surface area contributed by atoms with Gasteiger partial charge in [0.2, 0.25) is 0 Å². The predicted molar refractivity (Wildman–Crippen MR) is 59.5 cm³/mol. The third-order valence-electron chi connectivity index (χ3n) is 1.85. The zero-order chi connectivity index (χ0) is 11.5. The molecular weight excluding hydrogens is 190 g/mol. The summed E-state index contributed by atoms with van der Waals surface area (Å²) < 4.78 is 0. The zero-order valence-electron chi connectivity index (χ0n) is 9.74. The van der Waals surface area contributed by atoms with Crippen molar-refractivity contribution in [2.24, 2.45) is 0 Å². The summed E-state index contributed by atoms with van der Waals surface area (Å²) in [5.41, 5.74) is 5.65. The van der Waals surface area contributed by atoms with Crippen molar-refractivity contribution in [1.29, 1.82) is 0 Å². The van der Waals surface area contributed by atoms with E-state index in [4.69, 9.17) is 4.84 Å². The Morgan fingerprint density at radius 3 is 2.53 bits per heavy atom. The molecule has 0 heterocycles. The lowest BCUT2D eigenvalue weighted by atomic mass is 10.1. The third kappa shape index (κ3) is 4.32. The molecule has 1 rings (SSSR count). The van der Waals surface area contributed by atoms with Crippen LogP contribution >= 0.6 is 0 Å². The Bertz CT molecular complexity index is 329. The molecule has 0 aromatic heterocycles. The number of aromatic hydroxyl groups is 1. The minimum atomic E-state index is -0.244. The molecule has 0 amide bonds. The molecule has 0 atom stereocenters. The summed E-state index contributed by atoms with van der Waals surface area (Å²) in [5.74, 6) is 0.315. The van der Waals surface area contributed by atoms with Gasteiger partial charge in [0.1, 0.15) is 5.75 Å². The largest absolute Gasteiger partial charge is 0.508 e. The number of nitrogens with zero attached hydrogens (tertiary/aromatic N) is 1. The first kappa shape index (κ1) is 12.0. The molecule has 0 fully saturated rings. The van der Waals surface area contributed by atoms with Crippen molar-refractivity contribution in [2.75, 3.05) is 0 Å². The number of aryl methyl sites for hydroxylation is 1. The highest BCUT2D eigenvalue weighted by atomic mass is 16.7. The Morgan fingerprint density at radius 1 is 1.33 bits per heavy atom. The van der Waals surface area contributed by atoms with E-state index in [1.54, 1.807) is 6.07 Å². The summed E-state index contributed by atoms with van der Waals surface area (Å²) in [6.45, 7) is 8.25. The summed E-state index contributed by atoms with van der Waals surface area (Å²) in [5, 5.41) is 9.34. The maximum Gasteiger partial charge on any atom is 0.118 e. The summed E-state index contributed by atoms with van der Waals surface area (Å²) in [7, 11) is 0. The number of phenolic OH excluding ortho intramolecular Hbond substituents is 1. The molecule has 0 saturated heterocycles. The fourth-order valence-corrected chi connectivity index (χ4v) is 1.12. The second kappa shape index (κ2) is 4.64. The van der Waals surface area contributed by atoms with E-state index in [0.717, 1.165) is 11.1 Å². The molecule has 83 valence electrons. The zero-order valence-corrected chi connectivity index (χ0v) is 9.74. The summed E-state index contributed by atoms with van der Waals surface area (Å²) in [6, 6.07) is 5.43. The monoisotopic (exact) mass is 208 g/mol. The molecule has 1 radical (unpaired) electrons. The second-order valence-corrected chi connectivity index (χ2v) is 4.61. The van der Waals surface area contributed by atoms with Gasteiger partial charge < -0.3 is 5.11 Å². The molecule has 0 saturated carbocycles. The lowest BCUT2D eigenvalue weighted by Crippen LogP contribution is -2.24. The first-order valence-electron chi connectivity index (χ1n) is 5.02. The highest BCUT2D eigenvalue weighted by molar-refractivity contribution is 5.34. The van der Waals surface area contributed by atoms with Gasteiger partial charge in [-0.1, -0.05) is 17.6 Å². The molecule has 0 unspecified atom stereocenters. The van der Waals surface area contributed by atoms with Crippen molar-refractivity contribution in [3.05, 3.63) is 29.3 Å². The van der Waals surface area contributed by atoms with Crippen molar-refractivity contribution in [1.82, 2.24) is 5.48 Å². The van der Waals surface area contributed by atoms with E-state index in [1.807, 2.05) is 39.8 Å². The first-order chi connectivity index (χ1) is 6.88. The molecule has 0 aliphatic carbocycles. The quantitative estimate of drug-likeness (QED) is 0.776. The normalized spacial score (nSPS) is 11.7. The van der Waals surface area contributed by atoms with Gasteiger partial charge in [0, 0.05) is 0 Å². The van der Waals surface area contributed by atoms with E-state index in [2.05, 4.69) is 5.48 Å². The molecule has 1 aromatic carbocycles. The van der Waals surface area contributed by atoms with Crippen molar-refractivity contribution < 1.29 is 9.94 Å². The molecule has 1 N–H and O–H groups in total. The van der Waals surface area contributed by atoms with Crippen LogP contribution in [0.1, 0.15) is 31.9 Å². The minimum absolute atomic E-state index is 0.244. The fraction of sp³-hybridized carbons (Fsp3) is 0.500. The van der Waals surface area contributed by atoms with Crippen LogP contribution in [-0.2, 0) is 11.4 Å². The van der Waals surface area contributed by atoms with Crippen LogP contribution in [0.25, 0.3) is 0 Å². The smallest absolute Gasteiger partial charge is 0.118 e. The van der Waals surface area contributed by atoms with Crippen LogP contribution in [0.15, 0.2) is 18.2 Å². The van der Waals surface area contributed by atoms with Crippen LogP contribution in [0.3, 0.4) is 0 Å². The summed E-state index contributed by atoms with van der Waals surface area (Å²) in [6.07, 6.45) is 0. The van der Waals surface area contributed by atoms with Gasteiger partial charge in [0.15, 0.2) is 0 Å². The molecule has 1 aromatic rings. The summed E-state index contributed by atoms with van der Waals surface area (Å²) >= 11 is 0. The Kier molecular flexibility index (Phi) is 3.72. The molecule has 0 aliphatic rings. The van der Waals surface area contributed by atoms with Gasteiger partial charge in [-0.15, -0.1) is 0 Å². The molecule has 0 aliphatic heterocycles. The van der Waals surface area contributed by atoms with Gasteiger partial charge in [-0.05, 0) is 44.9 Å². The van der Waals surface area contributed by atoms with Crippen LogP contribution in [0, 0.1) is 6.92 Å². The Labute approximate surface area is 91.0 Å². The van der Waals surface area contributed by atoms with Gasteiger partial charge in [0.05, 0.1) is 12.1 Å². The van der Waals surface area contributed by atoms with Crippen molar-refractivity contribution in [3.63, 3.8) is 0 Å². The van der Waals surface area contributed by atoms with E-state index in [9.17, 15) is 5.11 Å². The predicted octanol–water partition coefficient (Wildman–Crippen LogP) is 2.54. The van der Waals surface area contributed by atoms with E-state index in [0.29, 0.717) is 12.3 Å². The maximum absolute atomic E-state index is 9.34. The van der Waals surface area contributed by atoms with Crippen LogP contribution in [0.4, 0.5) is 0 Å². The Morgan fingerprint density at radius 2 is 2.00 bits per heavy atom. The molecule has 0 bridgehead atoms. The van der Waals surface area contributed by atoms with E-state index in [1.165, 1.54) is 0 Å². The highest BCUT2D eigenvalue weighted by Gasteiger charge is 2.10. The van der Waals surface area contributed by atoms with Crippen LogP contribution < -0.4 is 5.48 Å². The number of hydrogen-bond acceptors (Lipinski definition) is 2. The number of phenols is 1. The van der Waals surface area contributed by atoms with Crippen LogP contribution in [0.5, 0.6) is 5.75 Å². The highest BCUT2D eigenvalue weighted by Crippen LogP contribution is 2.17. The molecular formula is C12H18NO2. The Balaban J connectivity index is 2.48. The van der Waals surface area contributed by atoms with Gasteiger partial charge in [-0.3, -0.25) is 4.84 Å². The van der Waals surface area contributed by atoms with E-state index in [-0.39, 0.29) is 5.60 Å². The standard InChI is InChI=1S/C12H18NO2/c1-9-7-10(5-6-11(9)14)8-13-15-12(2,3)4/h5-7,14H,8H2,1-4H3.